The van der Waals surface area contributed by atoms with Gasteiger partial charge in [-0.2, -0.15) is 0 Å². The molecule has 0 saturated heterocycles. The summed E-state index contributed by atoms with van der Waals surface area (Å²) in [6, 6.07) is 19.7. The first-order chi connectivity index (χ1) is 10.8. The second-order valence-electron chi connectivity index (χ2n) is 5.75. The first kappa shape index (κ1) is 14.7. The lowest BCUT2D eigenvalue weighted by molar-refractivity contribution is 0.709. The standard InChI is InChI=1S/C20H24N2/c1-3-12-21-18-10-11-19-17(14-18)15-20(22(19)13-4-2)16-8-6-5-7-9-16/h5-11,14-15,21H,3-4,12-13H2,1-2H3. The Labute approximate surface area is 132 Å². The molecule has 0 saturated carbocycles. The van der Waals surface area contributed by atoms with Crippen LogP contribution in [-0.2, 0) is 6.54 Å². The molecule has 0 fully saturated rings. The van der Waals surface area contributed by atoms with E-state index in [9.17, 15) is 0 Å². The molecule has 0 aliphatic rings. The van der Waals surface area contributed by atoms with Gasteiger partial charge in [0.15, 0.2) is 0 Å². The number of nitrogens with zero attached hydrogens (tertiary/aromatic N) is 1. The number of anilines is 1. The fourth-order valence-corrected chi connectivity index (χ4v) is 2.96. The minimum atomic E-state index is 1.02. The van der Waals surface area contributed by atoms with Crippen LogP contribution in [-0.4, -0.2) is 11.1 Å². The Balaban J connectivity index is 2.09. The highest BCUT2D eigenvalue weighted by Crippen LogP contribution is 2.30. The SMILES string of the molecule is CCCNc1ccc2c(c1)cc(-c1ccccc1)n2CCC. The molecule has 3 rings (SSSR count). The van der Waals surface area contributed by atoms with Crippen LogP contribution in [0.5, 0.6) is 0 Å². The zero-order valence-corrected chi connectivity index (χ0v) is 13.5. The smallest absolute Gasteiger partial charge is 0.0491 e. The van der Waals surface area contributed by atoms with Crippen LogP contribution in [0.25, 0.3) is 22.2 Å². The van der Waals surface area contributed by atoms with Gasteiger partial charge in [-0.1, -0.05) is 44.2 Å². The summed E-state index contributed by atoms with van der Waals surface area (Å²) in [5.41, 5.74) is 5.13. The lowest BCUT2D eigenvalue weighted by atomic mass is 10.1. The highest BCUT2D eigenvalue weighted by Gasteiger charge is 2.10. The van der Waals surface area contributed by atoms with Crippen molar-refractivity contribution in [2.24, 2.45) is 0 Å². The normalized spacial score (nSPS) is 11.0. The van der Waals surface area contributed by atoms with Gasteiger partial charge in [0.2, 0.25) is 0 Å². The molecule has 0 radical (unpaired) electrons. The summed E-state index contributed by atoms with van der Waals surface area (Å²) in [5, 5.41) is 4.79. The summed E-state index contributed by atoms with van der Waals surface area (Å²) < 4.78 is 2.44. The third-order valence-electron chi connectivity index (χ3n) is 4.00. The molecule has 0 atom stereocenters. The van der Waals surface area contributed by atoms with E-state index in [1.54, 1.807) is 0 Å². The fraction of sp³-hybridized carbons (Fsp3) is 0.300. The van der Waals surface area contributed by atoms with Crippen LogP contribution in [0.4, 0.5) is 5.69 Å². The predicted octanol–water partition coefficient (Wildman–Crippen LogP) is 5.54. The number of aromatic nitrogens is 1. The third kappa shape index (κ3) is 2.87. The Morgan fingerprint density at radius 2 is 1.73 bits per heavy atom. The Morgan fingerprint density at radius 1 is 0.909 bits per heavy atom. The van der Waals surface area contributed by atoms with Crippen LogP contribution in [0.2, 0.25) is 0 Å². The highest BCUT2D eigenvalue weighted by molar-refractivity contribution is 5.89. The Hall–Kier alpha value is -2.22. The van der Waals surface area contributed by atoms with Gasteiger partial charge in [0, 0.05) is 35.4 Å². The first-order valence-electron chi connectivity index (χ1n) is 8.26. The van der Waals surface area contributed by atoms with Gasteiger partial charge >= 0.3 is 0 Å². The van der Waals surface area contributed by atoms with Crippen LogP contribution in [0, 0.1) is 0 Å². The molecule has 22 heavy (non-hydrogen) atoms. The van der Waals surface area contributed by atoms with Crippen molar-refractivity contribution in [3.05, 3.63) is 54.6 Å². The van der Waals surface area contributed by atoms with E-state index in [4.69, 9.17) is 0 Å². The van der Waals surface area contributed by atoms with Gasteiger partial charge in [-0.25, -0.2) is 0 Å². The van der Waals surface area contributed by atoms with Crippen molar-refractivity contribution in [3.63, 3.8) is 0 Å². The Kier molecular flexibility index (Phi) is 4.47. The Bertz CT molecular complexity index is 741. The minimum Gasteiger partial charge on any atom is -0.385 e. The molecule has 2 heteroatoms. The lowest BCUT2D eigenvalue weighted by Crippen LogP contribution is -2.00. The van der Waals surface area contributed by atoms with Gasteiger partial charge in [0.25, 0.3) is 0 Å². The number of aryl methyl sites for hydroxylation is 1. The van der Waals surface area contributed by atoms with Crippen LogP contribution in [0.3, 0.4) is 0 Å². The predicted molar refractivity (Wildman–Crippen MR) is 96.4 cm³/mol. The Morgan fingerprint density at radius 3 is 2.45 bits per heavy atom. The average molecular weight is 292 g/mol. The number of nitrogens with one attached hydrogen (secondary N) is 1. The maximum Gasteiger partial charge on any atom is 0.0491 e. The molecule has 0 bridgehead atoms. The molecule has 0 amide bonds. The molecule has 1 heterocycles. The summed E-state index contributed by atoms with van der Waals surface area (Å²) in [6.45, 7) is 6.50. The molecule has 2 nitrogen and oxygen atoms in total. The maximum atomic E-state index is 3.48. The zero-order chi connectivity index (χ0) is 15.4. The van der Waals surface area contributed by atoms with E-state index in [0.29, 0.717) is 0 Å². The average Bonchev–Trinajstić information content (AvgIpc) is 2.92. The van der Waals surface area contributed by atoms with E-state index in [1.165, 1.54) is 27.8 Å². The topological polar surface area (TPSA) is 17.0 Å². The number of hydrogen-bond acceptors (Lipinski definition) is 1. The quantitative estimate of drug-likeness (QED) is 0.631. The van der Waals surface area contributed by atoms with Crippen molar-refractivity contribution in [2.75, 3.05) is 11.9 Å². The number of rotatable bonds is 6. The summed E-state index contributed by atoms with van der Waals surface area (Å²) in [7, 11) is 0. The van der Waals surface area contributed by atoms with Gasteiger partial charge < -0.3 is 9.88 Å². The van der Waals surface area contributed by atoms with Crippen molar-refractivity contribution >= 4 is 16.6 Å². The second kappa shape index (κ2) is 6.69. The van der Waals surface area contributed by atoms with Crippen molar-refractivity contribution < 1.29 is 0 Å². The van der Waals surface area contributed by atoms with Crippen molar-refractivity contribution in [3.8, 4) is 11.3 Å². The molecule has 0 unspecified atom stereocenters. The maximum absolute atomic E-state index is 3.48. The molecule has 0 spiro atoms. The summed E-state index contributed by atoms with van der Waals surface area (Å²) in [6.07, 6.45) is 2.28. The number of benzene rings is 2. The molecule has 0 aliphatic heterocycles. The van der Waals surface area contributed by atoms with Crippen LogP contribution in [0.1, 0.15) is 26.7 Å². The molecule has 3 aromatic rings. The molecule has 1 aromatic heterocycles. The van der Waals surface area contributed by atoms with Crippen LogP contribution >= 0.6 is 0 Å². The monoisotopic (exact) mass is 292 g/mol. The van der Waals surface area contributed by atoms with Gasteiger partial charge in [-0.05, 0) is 42.7 Å². The largest absolute Gasteiger partial charge is 0.385 e. The van der Waals surface area contributed by atoms with Crippen molar-refractivity contribution in [1.29, 1.82) is 0 Å². The van der Waals surface area contributed by atoms with Gasteiger partial charge in [0.05, 0.1) is 0 Å². The molecular formula is C20H24N2. The van der Waals surface area contributed by atoms with E-state index in [1.807, 2.05) is 0 Å². The summed E-state index contributed by atoms with van der Waals surface area (Å²) in [4.78, 5) is 0. The molecule has 2 aromatic carbocycles. The van der Waals surface area contributed by atoms with Crippen LogP contribution in [0.15, 0.2) is 54.6 Å². The second-order valence-corrected chi connectivity index (χ2v) is 5.75. The lowest BCUT2D eigenvalue weighted by Gasteiger charge is -2.10. The zero-order valence-electron chi connectivity index (χ0n) is 13.5. The van der Waals surface area contributed by atoms with Crippen molar-refractivity contribution in [1.82, 2.24) is 4.57 Å². The summed E-state index contributed by atoms with van der Waals surface area (Å²) >= 11 is 0. The van der Waals surface area contributed by atoms with Gasteiger partial charge in [-0.3, -0.25) is 0 Å². The minimum absolute atomic E-state index is 1.02. The van der Waals surface area contributed by atoms with E-state index in [-0.39, 0.29) is 0 Å². The summed E-state index contributed by atoms with van der Waals surface area (Å²) in [5.74, 6) is 0. The first-order valence-corrected chi connectivity index (χ1v) is 8.26. The van der Waals surface area contributed by atoms with E-state index in [2.05, 4.69) is 78.3 Å². The molecular weight excluding hydrogens is 268 g/mol. The molecule has 114 valence electrons. The van der Waals surface area contributed by atoms with Gasteiger partial charge in [0.1, 0.15) is 0 Å². The van der Waals surface area contributed by atoms with Crippen LogP contribution < -0.4 is 5.32 Å². The number of hydrogen-bond donors (Lipinski definition) is 1. The van der Waals surface area contributed by atoms with E-state index < -0.39 is 0 Å². The third-order valence-corrected chi connectivity index (χ3v) is 4.00. The van der Waals surface area contributed by atoms with Gasteiger partial charge in [-0.15, -0.1) is 0 Å². The van der Waals surface area contributed by atoms with E-state index in [0.717, 1.165) is 25.9 Å². The fourth-order valence-electron chi connectivity index (χ4n) is 2.96. The molecule has 1 N–H and O–H groups in total. The number of fused-ring (bicyclic) bond motifs is 1. The van der Waals surface area contributed by atoms with E-state index >= 15 is 0 Å². The highest BCUT2D eigenvalue weighted by atomic mass is 15.0. The van der Waals surface area contributed by atoms with Crippen molar-refractivity contribution in [2.45, 2.75) is 33.2 Å². The molecule has 0 aliphatic carbocycles.